The lowest BCUT2D eigenvalue weighted by atomic mass is 10.0. The molecule has 0 unspecified atom stereocenters. The van der Waals surface area contributed by atoms with Crippen LogP contribution in [-0.2, 0) is 16.0 Å². The van der Waals surface area contributed by atoms with E-state index in [2.05, 4.69) is 4.74 Å². The molecule has 0 N–H and O–H groups in total. The summed E-state index contributed by atoms with van der Waals surface area (Å²) in [5.74, 6) is 0.641. The van der Waals surface area contributed by atoms with E-state index in [1.54, 1.807) is 0 Å². The van der Waals surface area contributed by atoms with Gasteiger partial charge in [-0.05, 0) is 42.3 Å². The van der Waals surface area contributed by atoms with Crippen molar-refractivity contribution in [2.45, 2.75) is 26.4 Å². The number of benzene rings is 2. The molecule has 0 saturated carbocycles. The molecule has 0 aromatic heterocycles. The summed E-state index contributed by atoms with van der Waals surface area (Å²) in [5, 5.41) is 2.20. The standard InChI is InChI=1S/C16H18O3/c1-11(2)19-15-7-6-13-8-12(9-16(17)18-3)4-5-14(13)10-15/h4-8,10-11H,9H2,1-3H3. The van der Waals surface area contributed by atoms with Gasteiger partial charge in [0.05, 0.1) is 19.6 Å². The molecule has 0 aliphatic carbocycles. The summed E-state index contributed by atoms with van der Waals surface area (Å²) in [7, 11) is 1.40. The number of methoxy groups -OCH3 is 1. The van der Waals surface area contributed by atoms with Gasteiger partial charge in [0.15, 0.2) is 0 Å². The van der Waals surface area contributed by atoms with Crippen LogP contribution in [0, 0.1) is 0 Å². The highest BCUT2D eigenvalue weighted by Crippen LogP contribution is 2.23. The van der Waals surface area contributed by atoms with Gasteiger partial charge in [-0.1, -0.05) is 24.3 Å². The normalized spacial score (nSPS) is 10.7. The average molecular weight is 258 g/mol. The molecule has 19 heavy (non-hydrogen) atoms. The second-order valence-electron chi connectivity index (χ2n) is 4.76. The molecule has 0 aliphatic rings. The highest BCUT2D eigenvalue weighted by atomic mass is 16.5. The number of carbonyl (C=O) groups is 1. The number of hydrogen-bond donors (Lipinski definition) is 0. The smallest absolute Gasteiger partial charge is 0.309 e. The molecular weight excluding hydrogens is 240 g/mol. The number of esters is 1. The van der Waals surface area contributed by atoms with Crippen LogP contribution in [0.2, 0.25) is 0 Å². The van der Waals surface area contributed by atoms with E-state index in [1.165, 1.54) is 7.11 Å². The van der Waals surface area contributed by atoms with Gasteiger partial charge in [0.2, 0.25) is 0 Å². The van der Waals surface area contributed by atoms with Crippen molar-refractivity contribution in [2.24, 2.45) is 0 Å². The van der Waals surface area contributed by atoms with Gasteiger partial charge in [0, 0.05) is 0 Å². The maximum Gasteiger partial charge on any atom is 0.309 e. The molecule has 0 atom stereocenters. The van der Waals surface area contributed by atoms with Crippen LogP contribution in [-0.4, -0.2) is 19.2 Å². The number of rotatable bonds is 4. The van der Waals surface area contributed by atoms with E-state index in [0.29, 0.717) is 6.42 Å². The summed E-state index contributed by atoms with van der Waals surface area (Å²) in [6.45, 7) is 4.01. The molecule has 3 heteroatoms. The molecule has 0 saturated heterocycles. The Kier molecular flexibility index (Phi) is 4.05. The summed E-state index contributed by atoms with van der Waals surface area (Å²) in [4.78, 5) is 11.3. The maximum atomic E-state index is 11.3. The van der Waals surface area contributed by atoms with Gasteiger partial charge in [-0.15, -0.1) is 0 Å². The first-order chi connectivity index (χ1) is 9.08. The molecule has 0 spiro atoms. The summed E-state index contributed by atoms with van der Waals surface area (Å²) in [6.07, 6.45) is 0.465. The van der Waals surface area contributed by atoms with Gasteiger partial charge < -0.3 is 9.47 Å². The Hall–Kier alpha value is -2.03. The average Bonchev–Trinajstić information content (AvgIpc) is 2.38. The van der Waals surface area contributed by atoms with E-state index < -0.39 is 0 Å². The van der Waals surface area contributed by atoms with Gasteiger partial charge in [-0.3, -0.25) is 4.79 Å². The lowest BCUT2D eigenvalue weighted by Gasteiger charge is -2.10. The summed E-state index contributed by atoms with van der Waals surface area (Å²) >= 11 is 0. The van der Waals surface area contributed by atoms with Crippen LogP contribution in [0.3, 0.4) is 0 Å². The minimum Gasteiger partial charge on any atom is -0.491 e. The van der Waals surface area contributed by atoms with Crippen LogP contribution in [0.15, 0.2) is 36.4 Å². The Morgan fingerprint density at radius 3 is 2.47 bits per heavy atom. The van der Waals surface area contributed by atoms with Crippen molar-refractivity contribution in [3.63, 3.8) is 0 Å². The van der Waals surface area contributed by atoms with Crippen LogP contribution in [0.5, 0.6) is 5.75 Å². The largest absolute Gasteiger partial charge is 0.491 e. The first-order valence-electron chi connectivity index (χ1n) is 6.34. The summed E-state index contributed by atoms with van der Waals surface area (Å²) in [6, 6.07) is 11.9. The van der Waals surface area contributed by atoms with Crippen LogP contribution >= 0.6 is 0 Å². The first-order valence-corrected chi connectivity index (χ1v) is 6.34. The fourth-order valence-electron chi connectivity index (χ4n) is 1.97. The molecule has 2 aromatic carbocycles. The SMILES string of the molecule is COC(=O)Cc1ccc2cc(OC(C)C)ccc2c1. The third-order valence-corrected chi connectivity index (χ3v) is 2.82. The molecule has 0 aliphatic heterocycles. The van der Waals surface area contributed by atoms with Crippen molar-refractivity contribution >= 4 is 16.7 Å². The Labute approximate surface area is 113 Å². The fraction of sp³-hybridized carbons (Fsp3) is 0.312. The third kappa shape index (κ3) is 3.47. The Morgan fingerprint density at radius 1 is 1.11 bits per heavy atom. The number of carbonyl (C=O) groups excluding carboxylic acids is 1. The predicted octanol–water partition coefficient (Wildman–Crippen LogP) is 3.34. The van der Waals surface area contributed by atoms with Crippen LogP contribution in [0.25, 0.3) is 10.8 Å². The van der Waals surface area contributed by atoms with Crippen molar-refractivity contribution in [1.82, 2.24) is 0 Å². The van der Waals surface area contributed by atoms with E-state index in [-0.39, 0.29) is 12.1 Å². The van der Waals surface area contributed by atoms with E-state index >= 15 is 0 Å². The highest BCUT2D eigenvalue weighted by Gasteiger charge is 2.05. The van der Waals surface area contributed by atoms with Crippen molar-refractivity contribution in [1.29, 1.82) is 0 Å². The van der Waals surface area contributed by atoms with E-state index in [4.69, 9.17) is 4.74 Å². The van der Waals surface area contributed by atoms with Crippen molar-refractivity contribution < 1.29 is 14.3 Å². The van der Waals surface area contributed by atoms with E-state index in [9.17, 15) is 4.79 Å². The van der Waals surface area contributed by atoms with Gasteiger partial charge in [-0.25, -0.2) is 0 Å². The molecule has 0 amide bonds. The number of fused-ring (bicyclic) bond motifs is 1. The second kappa shape index (κ2) is 5.74. The number of ether oxygens (including phenoxy) is 2. The summed E-state index contributed by atoms with van der Waals surface area (Å²) < 4.78 is 10.3. The molecule has 0 bridgehead atoms. The zero-order chi connectivity index (χ0) is 13.8. The van der Waals surface area contributed by atoms with Crippen LogP contribution in [0.4, 0.5) is 0 Å². The Bertz CT molecular complexity index is 588. The highest BCUT2D eigenvalue weighted by molar-refractivity contribution is 5.85. The molecule has 2 aromatic rings. The lowest BCUT2D eigenvalue weighted by molar-refractivity contribution is -0.139. The molecule has 3 nitrogen and oxygen atoms in total. The van der Waals surface area contributed by atoms with Crippen molar-refractivity contribution in [3.05, 3.63) is 42.0 Å². The van der Waals surface area contributed by atoms with Gasteiger partial charge >= 0.3 is 5.97 Å². The molecule has 0 radical (unpaired) electrons. The first kappa shape index (κ1) is 13.4. The monoisotopic (exact) mass is 258 g/mol. The molecule has 0 heterocycles. The molecule has 2 rings (SSSR count). The zero-order valence-electron chi connectivity index (χ0n) is 11.5. The van der Waals surface area contributed by atoms with Crippen molar-refractivity contribution in [2.75, 3.05) is 7.11 Å². The minimum atomic E-state index is -0.223. The van der Waals surface area contributed by atoms with Crippen LogP contribution < -0.4 is 4.74 Å². The lowest BCUT2D eigenvalue weighted by Crippen LogP contribution is -2.05. The maximum absolute atomic E-state index is 11.3. The predicted molar refractivity (Wildman–Crippen MR) is 75.4 cm³/mol. The Balaban J connectivity index is 2.27. The van der Waals surface area contributed by atoms with Crippen LogP contribution in [0.1, 0.15) is 19.4 Å². The third-order valence-electron chi connectivity index (χ3n) is 2.82. The minimum absolute atomic E-state index is 0.163. The summed E-state index contributed by atoms with van der Waals surface area (Å²) in [5.41, 5.74) is 0.955. The topological polar surface area (TPSA) is 35.5 Å². The molecular formula is C16H18O3. The quantitative estimate of drug-likeness (QED) is 0.789. The molecule has 100 valence electrons. The zero-order valence-corrected chi connectivity index (χ0v) is 11.5. The Morgan fingerprint density at radius 2 is 1.79 bits per heavy atom. The van der Waals surface area contributed by atoms with Crippen molar-refractivity contribution in [3.8, 4) is 5.75 Å². The molecule has 0 fully saturated rings. The second-order valence-corrected chi connectivity index (χ2v) is 4.76. The van der Waals surface area contributed by atoms with Gasteiger partial charge in [-0.2, -0.15) is 0 Å². The van der Waals surface area contributed by atoms with E-state index in [1.807, 2.05) is 50.2 Å². The van der Waals surface area contributed by atoms with Gasteiger partial charge in [0.25, 0.3) is 0 Å². The number of hydrogen-bond acceptors (Lipinski definition) is 3. The van der Waals surface area contributed by atoms with Gasteiger partial charge in [0.1, 0.15) is 5.75 Å². The van der Waals surface area contributed by atoms with E-state index in [0.717, 1.165) is 22.1 Å². The fourth-order valence-corrected chi connectivity index (χ4v) is 1.97.